The highest BCUT2D eigenvalue weighted by molar-refractivity contribution is 7.98. The highest BCUT2D eigenvalue weighted by Crippen LogP contribution is 2.29. The number of hydrogen-bond donors (Lipinski definition) is 3. The van der Waals surface area contributed by atoms with Crippen LogP contribution in [0.15, 0.2) is 52.4 Å². The van der Waals surface area contributed by atoms with Crippen molar-refractivity contribution in [1.82, 2.24) is 19.9 Å². The molecular formula is C24H21N5O2S2. The lowest BCUT2D eigenvalue weighted by molar-refractivity contribution is 0.103. The van der Waals surface area contributed by atoms with Gasteiger partial charge in [0.2, 0.25) is 0 Å². The number of imidazole rings is 1. The number of amides is 1. The first-order valence-electron chi connectivity index (χ1n) is 10.4. The highest BCUT2D eigenvalue weighted by Gasteiger charge is 2.20. The van der Waals surface area contributed by atoms with Crippen molar-refractivity contribution in [2.45, 2.75) is 31.7 Å². The molecule has 3 N–H and O–H groups in total. The molecule has 0 spiro atoms. The van der Waals surface area contributed by atoms with E-state index in [0.717, 1.165) is 33.0 Å². The molecule has 0 aliphatic heterocycles. The lowest BCUT2D eigenvalue weighted by Crippen LogP contribution is -2.13. The first-order chi connectivity index (χ1) is 15.9. The fourth-order valence-corrected chi connectivity index (χ4v) is 5.59. The summed E-state index contributed by atoms with van der Waals surface area (Å²) in [6.07, 6.45) is 0. The molecule has 2 aromatic carbocycles. The van der Waals surface area contributed by atoms with Crippen LogP contribution in [0.25, 0.3) is 21.3 Å². The molecular weight excluding hydrogens is 454 g/mol. The van der Waals surface area contributed by atoms with Crippen LogP contribution in [0.4, 0.5) is 5.69 Å². The van der Waals surface area contributed by atoms with E-state index in [9.17, 15) is 9.59 Å². The maximum atomic E-state index is 13.0. The number of carbonyl (C=O) groups excluding carboxylic acids is 1. The summed E-state index contributed by atoms with van der Waals surface area (Å²) in [4.78, 5) is 42.1. The zero-order chi connectivity index (χ0) is 23.1. The van der Waals surface area contributed by atoms with Crippen LogP contribution < -0.4 is 10.9 Å². The van der Waals surface area contributed by atoms with E-state index in [0.29, 0.717) is 32.2 Å². The lowest BCUT2D eigenvalue weighted by Gasteiger charge is -2.08. The molecule has 166 valence electrons. The molecule has 0 aliphatic rings. The number of thioether (sulfide) groups is 1. The van der Waals surface area contributed by atoms with Crippen LogP contribution in [0.3, 0.4) is 0 Å². The van der Waals surface area contributed by atoms with Gasteiger partial charge in [0.15, 0.2) is 5.16 Å². The summed E-state index contributed by atoms with van der Waals surface area (Å²) in [5.41, 5.74) is 5.14. The molecule has 0 atom stereocenters. The summed E-state index contributed by atoms with van der Waals surface area (Å²) in [6.45, 7) is 5.75. The second kappa shape index (κ2) is 8.49. The number of thiophene rings is 1. The van der Waals surface area contributed by atoms with Crippen molar-refractivity contribution < 1.29 is 4.79 Å². The molecule has 9 heteroatoms. The molecule has 0 radical (unpaired) electrons. The van der Waals surface area contributed by atoms with Gasteiger partial charge < -0.3 is 15.3 Å². The topological polar surface area (TPSA) is 104 Å². The van der Waals surface area contributed by atoms with Gasteiger partial charge in [-0.1, -0.05) is 41.6 Å². The van der Waals surface area contributed by atoms with Gasteiger partial charge in [0, 0.05) is 5.69 Å². The molecule has 5 rings (SSSR count). The number of nitrogens with zero attached hydrogens (tertiary/aromatic N) is 2. The average molecular weight is 476 g/mol. The van der Waals surface area contributed by atoms with E-state index < -0.39 is 0 Å². The van der Waals surface area contributed by atoms with Gasteiger partial charge in [0.1, 0.15) is 10.7 Å². The van der Waals surface area contributed by atoms with Crippen molar-refractivity contribution in [3.63, 3.8) is 0 Å². The zero-order valence-corrected chi connectivity index (χ0v) is 19.9. The van der Waals surface area contributed by atoms with E-state index in [1.165, 1.54) is 23.1 Å². The van der Waals surface area contributed by atoms with Crippen LogP contribution in [0.1, 0.15) is 32.2 Å². The molecule has 7 nitrogen and oxygen atoms in total. The van der Waals surface area contributed by atoms with Crippen molar-refractivity contribution in [3.8, 4) is 0 Å². The van der Waals surface area contributed by atoms with Crippen molar-refractivity contribution in [2.75, 3.05) is 5.32 Å². The smallest absolute Gasteiger partial charge is 0.266 e. The van der Waals surface area contributed by atoms with E-state index in [1.807, 2.05) is 56.3 Å². The second-order valence-corrected chi connectivity index (χ2v) is 9.83. The average Bonchev–Trinajstić information content (AvgIpc) is 3.35. The van der Waals surface area contributed by atoms with Crippen LogP contribution in [0.5, 0.6) is 0 Å². The molecule has 0 saturated carbocycles. The van der Waals surface area contributed by atoms with Crippen LogP contribution in [0, 0.1) is 20.8 Å². The molecule has 3 heterocycles. The highest BCUT2D eigenvalue weighted by atomic mass is 32.2. The van der Waals surface area contributed by atoms with Crippen molar-refractivity contribution in [3.05, 3.63) is 80.2 Å². The number of para-hydroxylation sites is 2. The zero-order valence-electron chi connectivity index (χ0n) is 18.3. The molecule has 0 fully saturated rings. The Kier molecular flexibility index (Phi) is 5.51. The maximum Gasteiger partial charge on any atom is 0.266 e. The number of fused-ring (bicyclic) bond motifs is 2. The number of anilines is 1. The predicted octanol–water partition coefficient (Wildman–Crippen LogP) is 5.33. The molecule has 1 amide bonds. The number of aryl methyl sites for hydroxylation is 3. The summed E-state index contributed by atoms with van der Waals surface area (Å²) in [5.74, 6) is 0.757. The Hall–Kier alpha value is -3.43. The molecule has 0 bridgehead atoms. The summed E-state index contributed by atoms with van der Waals surface area (Å²) < 4.78 is 0. The largest absolute Gasteiger partial charge is 0.333 e. The first-order valence-corrected chi connectivity index (χ1v) is 12.2. The minimum absolute atomic E-state index is 0.236. The minimum Gasteiger partial charge on any atom is -0.333 e. The molecule has 0 saturated heterocycles. The SMILES string of the molecule is Cc1ccc(NC(=O)c2sc3nc(CSc4nc5ccccc5[nH]4)[nH]c(=O)c3c2C)c(C)c1. The number of H-pyrrole nitrogens is 2. The van der Waals surface area contributed by atoms with Gasteiger partial charge in [0.05, 0.1) is 27.0 Å². The van der Waals surface area contributed by atoms with Crippen molar-refractivity contribution >= 4 is 55.9 Å². The quantitative estimate of drug-likeness (QED) is 0.298. The Bertz CT molecular complexity index is 1550. The number of hydrogen-bond acceptors (Lipinski definition) is 6. The van der Waals surface area contributed by atoms with E-state index in [1.54, 1.807) is 6.92 Å². The predicted molar refractivity (Wildman–Crippen MR) is 135 cm³/mol. The Morgan fingerprint density at radius 1 is 1.09 bits per heavy atom. The van der Waals surface area contributed by atoms with Crippen molar-refractivity contribution in [2.24, 2.45) is 0 Å². The summed E-state index contributed by atoms with van der Waals surface area (Å²) in [6, 6.07) is 13.7. The molecule has 3 aromatic heterocycles. The molecule has 5 aromatic rings. The third-order valence-electron chi connectivity index (χ3n) is 5.40. The number of aromatic amines is 2. The summed E-state index contributed by atoms with van der Waals surface area (Å²) in [5, 5.41) is 4.18. The van der Waals surface area contributed by atoms with E-state index >= 15 is 0 Å². The third kappa shape index (κ3) is 4.17. The lowest BCUT2D eigenvalue weighted by atomic mass is 10.1. The van der Waals surface area contributed by atoms with Crippen LogP contribution in [0.2, 0.25) is 0 Å². The van der Waals surface area contributed by atoms with Crippen LogP contribution in [-0.4, -0.2) is 25.8 Å². The van der Waals surface area contributed by atoms with Gasteiger partial charge in [-0.25, -0.2) is 9.97 Å². The van der Waals surface area contributed by atoms with Crippen LogP contribution >= 0.6 is 23.1 Å². The Morgan fingerprint density at radius 3 is 2.70 bits per heavy atom. The van der Waals surface area contributed by atoms with Crippen molar-refractivity contribution in [1.29, 1.82) is 0 Å². The van der Waals surface area contributed by atoms with Gasteiger partial charge >= 0.3 is 0 Å². The van der Waals surface area contributed by atoms with E-state index in [2.05, 4.69) is 25.3 Å². The molecule has 33 heavy (non-hydrogen) atoms. The Labute approximate surface area is 197 Å². The number of carbonyl (C=O) groups is 1. The van der Waals surface area contributed by atoms with Gasteiger partial charge in [-0.3, -0.25) is 9.59 Å². The number of aromatic nitrogens is 4. The number of rotatable bonds is 5. The fourth-order valence-electron chi connectivity index (χ4n) is 3.74. The summed E-state index contributed by atoms with van der Waals surface area (Å²) in [7, 11) is 0. The number of nitrogens with one attached hydrogen (secondary N) is 3. The van der Waals surface area contributed by atoms with E-state index in [4.69, 9.17) is 0 Å². The standard InChI is InChI=1S/C24H21N5O2S2/c1-12-8-9-15(13(2)10-12)25-22(31)20-14(3)19-21(30)28-18(29-23(19)33-20)11-32-24-26-16-6-4-5-7-17(16)27-24/h4-10H,11H2,1-3H3,(H,25,31)(H,26,27)(H,28,29,30). The second-order valence-electron chi connectivity index (χ2n) is 7.87. The first kappa shape index (κ1) is 21.4. The number of benzene rings is 2. The van der Waals surface area contributed by atoms with Gasteiger partial charge in [0.25, 0.3) is 11.5 Å². The Balaban J connectivity index is 1.40. The third-order valence-corrected chi connectivity index (χ3v) is 7.47. The van der Waals surface area contributed by atoms with E-state index in [-0.39, 0.29) is 11.5 Å². The minimum atomic E-state index is -0.237. The van der Waals surface area contributed by atoms with Gasteiger partial charge in [-0.2, -0.15) is 0 Å². The molecule has 0 aliphatic carbocycles. The van der Waals surface area contributed by atoms with Gasteiger partial charge in [-0.05, 0) is 50.1 Å². The maximum absolute atomic E-state index is 13.0. The normalized spacial score (nSPS) is 11.4. The Morgan fingerprint density at radius 2 is 1.91 bits per heavy atom. The summed E-state index contributed by atoms with van der Waals surface area (Å²) >= 11 is 2.70. The molecule has 0 unspecified atom stereocenters. The fraction of sp³-hybridized carbons (Fsp3) is 0.167. The van der Waals surface area contributed by atoms with Gasteiger partial charge in [-0.15, -0.1) is 11.3 Å². The van der Waals surface area contributed by atoms with Crippen LogP contribution in [-0.2, 0) is 5.75 Å². The monoisotopic (exact) mass is 475 g/mol.